The number of amides is 2. The molecule has 0 saturated carbocycles. The highest BCUT2D eigenvalue weighted by molar-refractivity contribution is 5.67. The van der Waals surface area contributed by atoms with Crippen molar-refractivity contribution in [1.82, 2.24) is 9.78 Å². The number of benzene rings is 1. The molecular weight excluding hydrogens is 276 g/mol. The van der Waals surface area contributed by atoms with Crippen LogP contribution in [-0.4, -0.2) is 22.0 Å². The second kappa shape index (κ2) is 5.95. The van der Waals surface area contributed by atoms with Crippen molar-refractivity contribution in [1.29, 1.82) is 0 Å². The van der Waals surface area contributed by atoms with Crippen LogP contribution in [0.5, 0.6) is 0 Å². The monoisotopic (exact) mass is 290 g/mol. The summed E-state index contributed by atoms with van der Waals surface area (Å²) in [7, 11) is 0. The number of hydrogen-bond acceptors (Lipinski definition) is 5. The van der Waals surface area contributed by atoms with E-state index in [2.05, 4.69) is 5.10 Å². The van der Waals surface area contributed by atoms with E-state index in [0.29, 0.717) is 0 Å². The summed E-state index contributed by atoms with van der Waals surface area (Å²) in [6.07, 6.45) is 0.662. The summed E-state index contributed by atoms with van der Waals surface area (Å²) < 4.78 is 11.2. The van der Waals surface area contributed by atoms with Gasteiger partial charge in [0, 0.05) is 12.4 Å². The molecule has 0 atom stereocenters. The molecule has 0 aliphatic rings. The Labute approximate surface area is 120 Å². The van der Waals surface area contributed by atoms with Crippen molar-refractivity contribution in [3.63, 3.8) is 0 Å². The largest absolute Gasteiger partial charge is 0.409 e. The molecule has 8 nitrogen and oxygen atoms in total. The van der Waals surface area contributed by atoms with Gasteiger partial charge in [-0.15, -0.1) is 0 Å². The molecule has 21 heavy (non-hydrogen) atoms. The van der Waals surface area contributed by atoms with E-state index < -0.39 is 18.1 Å². The van der Waals surface area contributed by atoms with Gasteiger partial charge in [0.1, 0.15) is 0 Å². The van der Waals surface area contributed by atoms with Crippen molar-refractivity contribution >= 4 is 12.2 Å². The number of primary amides is 2. The number of carbonyl (C=O) groups is 2. The highest BCUT2D eigenvalue weighted by Gasteiger charge is 2.41. The van der Waals surface area contributed by atoms with Gasteiger partial charge in [-0.25, -0.2) is 9.59 Å². The Hall–Kier alpha value is -3.03. The van der Waals surface area contributed by atoms with Crippen LogP contribution >= 0.6 is 0 Å². The molecule has 8 heteroatoms. The fraction of sp³-hybridized carbons (Fsp3) is 0.154. The van der Waals surface area contributed by atoms with E-state index in [1.54, 1.807) is 30.3 Å². The van der Waals surface area contributed by atoms with E-state index in [0.717, 1.165) is 10.2 Å². The Kier molecular flexibility index (Phi) is 4.07. The minimum atomic E-state index is -1.87. The molecule has 0 radical (unpaired) electrons. The molecule has 0 saturated heterocycles. The van der Waals surface area contributed by atoms with Crippen LogP contribution in [0.15, 0.2) is 48.8 Å². The van der Waals surface area contributed by atoms with Crippen LogP contribution in [0.4, 0.5) is 9.59 Å². The molecule has 1 aromatic heterocycles. The third-order valence-electron chi connectivity index (χ3n) is 2.64. The standard InChI is InChI=1S/C13H14N4O4/c14-11(18)20-13(21-12(15)19,17-8-4-7-16-17)9-10-5-2-1-3-6-10/h1-8H,9H2,(H2,14,18)(H2,15,19). The predicted octanol–water partition coefficient (Wildman–Crippen LogP) is 0.927. The molecule has 0 aliphatic carbocycles. The van der Waals surface area contributed by atoms with Crippen LogP contribution in [0.2, 0.25) is 0 Å². The Bertz CT molecular complexity index is 596. The number of rotatable bonds is 5. The summed E-state index contributed by atoms with van der Waals surface area (Å²) in [5, 5.41) is 3.94. The van der Waals surface area contributed by atoms with Crippen molar-refractivity contribution in [2.45, 2.75) is 12.3 Å². The number of nitrogens with two attached hydrogens (primary N) is 2. The molecule has 0 aliphatic heterocycles. The number of nitrogens with zero attached hydrogens (tertiary/aromatic N) is 2. The van der Waals surface area contributed by atoms with Crippen molar-refractivity contribution in [2.24, 2.45) is 11.5 Å². The smallest absolute Gasteiger partial charge is 0.385 e. The van der Waals surface area contributed by atoms with Gasteiger partial charge >= 0.3 is 18.1 Å². The second-order valence-corrected chi connectivity index (χ2v) is 4.17. The van der Waals surface area contributed by atoms with E-state index in [1.165, 1.54) is 12.4 Å². The number of carbonyl (C=O) groups excluding carboxylic acids is 2. The zero-order valence-electron chi connectivity index (χ0n) is 11.0. The maximum atomic E-state index is 11.2. The van der Waals surface area contributed by atoms with E-state index in [4.69, 9.17) is 20.9 Å². The predicted molar refractivity (Wildman–Crippen MR) is 71.7 cm³/mol. The first-order valence-electron chi connectivity index (χ1n) is 6.03. The van der Waals surface area contributed by atoms with Crippen LogP contribution in [0.3, 0.4) is 0 Å². The van der Waals surface area contributed by atoms with E-state index in [9.17, 15) is 9.59 Å². The topological polar surface area (TPSA) is 122 Å². The molecule has 0 bridgehead atoms. The molecule has 2 rings (SSSR count). The van der Waals surface area contributed by atoms with Crippen LogP contribution in [-0.2, 0) is 21.8 Å². The molecule has 2 amide bonds. The second-order valence-electron chi connectivity index (χ2n) is 4.17. The maximum absolute atomic E-state index is 11.2. The zero-order chi connectivity index (χ0) is 15.3. The summed E-state index contributed by atoms with van der Waals surface area (Å²) in [4.78, 5) is 22.4. The Morgan fingerprint density at radius 2 is 1.71 bits per heavy atom. The van der Waals surface area contributed by atoms with Crippen LogP contribution in [0.25, 0.3) is 0 Å². The lowest BCUT2D eigenvalue weighted by atomic mass is 10.1. The zero-order valence-corrected chi connectivity index (χ0v) is 11.0. The molecule has 0 fully saturated rings. The third-order valence-corrected chi connectivity index (χ3v) is 2.64. The third kappa shape index (κ3) is 3.50. The van der Waals surface area contributed by atoms with Crippen molar-refractivity contribution in [2.75, 3.05) is 0 Å². The van der Waals surface area contributed by atoms with Gasteiger partial charge in [-0.3, -0.25) is 0 Å². The maximum Gasteiger partial charge on any atom is 0.409 e. The Morgan fingerprint density at radius 1 is 1.10 bits per heavy atom. The lowest BCUT2D eigenvalue weighted by molar-refractivity contribution is -0.227. The molecule has 1 heterocycles. The Balaban J connectivity index is 2.43. The quantitative estimate of drug-likeness (QED) is 0.793. The average Bonchev–Trinajstić information content (AvgIpc) is 2.92. The number of aromatic nitrogens is 2. The first-order chi connectivity index (χ1) is 10.0. The highest BCUT2D eigenvalue weighted by Crippen LogP contribution is 2.25. The molecule has 0 unspecified atom stereocenters. The van der Waals surface area contributed by atoms with Gasteiger partial charge in [0.2, 0.25) is 0 Å². The van der Waals surface area contributed by atoms with Crippen LogP contribution in [0.1, 0.15) is 5.56 Å². The van der Waals surface area contributed by atoms with Gasteiger partial charge in [-0.2, -0.15) is 9.78 Å². The fourth-order valence-corrected chi connectivity index (χ4v) is 1.91. The molecular formula is C13H14N4O4. The van der Waals surface area contributed by atoms with Crippen molar-refractivity contribution in [3.8, 4) is 0 Å². The molecule has 110 valence electrons. The first kappa shape index (κ1) is 14.4. The minimum Gasteiger partial charge on any atom is -0.385 e. The summed E-state index contributed by atoms with van der Waals surface area (Å²) in [5.74, 6) is -1.87. The summed E-state index contributed by atoms with van der Waals surface area (Å²) in [6.45, 7) is 0. The lowest BCUT2D eigenvalue weighted by Crippen LogP contribution is -2.47. The first-order valence-corrected chi connectivity index (χ1v) is 6.03. The normalized spacial score (nSPS) is 10.9. The number of hydrogen-bond donors (Lipinski definition) is 2. The molecule has 0 spiro atoms. The molecule has 4 N–H and O–H groups in total. The highest BCUT2D eigenvalue weighted by atomic mass is 16.8. The van der Waals surface area contributed by atoms with Crippen LogP contribution in [0, 0.1) is 0 Å². The average molecular weight is 290 g/mol. The van der Waals surface area contributed by atoms with Gasteiger partial charge in [0.15, 0.2) is 0 Å². The van der Waals surface area contributed by atoms with Crippen LogP contribution < -0.4 is 11.5 Å². The number of ether oxygens (including phenoxy) is 2. The van der Waals surface area contributed by atoms with Gasteiger partial charge in [-0.1, -0.05) is 30.3 Å². The summed E-state index contributed by atoms with van der Waals surface area (Å²) in [6, 6.07) is 10.5. The van der Waals surface area contributed by atoms with E-state index >= 15 is 0 Å². The van der Waals surface area contributed by atoms with Crippen molar-refractivity contribution < 1.29 is 19.1 Å². The van der Waals surface area contributed by atoms with Crippen molar-refractivity contribution in [3.05, 3.63) is 54.4 Å². The van der Waals surface area contributed by atoms with Gasteiger partial charge in [0.25, 0.3) is 0 Å². The Morgan fingerprint density at radius 3 is 2.19 bits per heavy atom. The summed E-state index contributed by atoms with van der Waals surface area (Å²) in [5.41, 5.74) is 10.9. The molecule has 1 aromatic carbocycles. The van der Waals surface area contributed by atoms with Gasteiger partial charge < -0.3 is 20.9 Å². The SMILES string of the molecule is NC(=O)OC(Cc1ccccc1)(OC(N)=O)n1cccn1. The summed E-state index contributed by atoms with van der Waals surface area (Å²) >= 11 is 0. The minimum absolute atomic E-state index is 0.00139. The lowest BCUT2D eigenvalue weighted by Gasteiger charge is -2.31. The van der Waals surface area contributed by atoms with Gasteiger partial charge in [-0.05, 0) is 11.6 Å². The fourth-order valence-electron chi connectivity index (χ4n) is 1.91. The van der Waals surface area contributed by atoms with E-state index in [-0.39, 0.29) is 6.42 Å². The van der Waals surface area contributed by atoms with Gasteiger partial charge in [0.05, 0.1) is 6.42 Å². The molecule has 2 aromatic rings. The van der Waals surface area contributed by atoms with E-state index in [1.807, 2.05) is 6.07 Å².